The lowest BCUT2D eigenvalue weighted by molar-refractivity contribution is 0.0661. The van der Waals surface area contributed by atoms with Crippen LogP contribution in [0.2, 0.25) is 0 Å². The number of halogens is 1. The molecule has 7 nitrogen and oxygen atoms in total. The molecule has 1 atom stereocenters. The first-order valence-electron chi connectivity index (χ1n) is 5.77. The van der Waals surface area contributed by atoms with Crippen molar-refractivity contribution in [1.29, 1.82) is 0 Å². The summed E-state index contributed by atoms with van der Waals surface area (Å²) in [6.45, 7) is 1.63. The third kappa shape index (κ3) is 3.49. The summed E-state index contributed by atoms with van der Waals surface area (Å²) in [6, 6.07) is 5.51. The Balaban J connectivity index is 2.29. The first kappa shape index (κ1) is 15.7. The monoisotopic (exact) mass is 374 g/mol. The van der Waals surface area contributed by atoms with E-state index in [0.29, 0.717) is 5.69 Å². The van der Waals surface area contributed by atoms with Crippen LogP contribution >= 0.6 is 15.9 Å². The van der Waals surface area contributed by atoms with Crippen LogP contribution < -0.4 is 4.72 Å². The number of hydrogen-bond acceptors (Lipinski definition) is 5. The first-order valence-corrected chi connectivity index (χ1v) is 8.05. The van der Waals surface area contributed by atoms with Crippen molar-refractivity contribution in [3.05, 3.63) is 46.6 Å². The van der Waals surface area contributed by atoms with E-state index >= 15 is 0 Å². The summed E-state index contributed by atoms with van der Waals surface area (Å²) < 4.78 is 31.6. The molecule has 2 rings (SSSR count). The summed E-state index contributed by atoms with van der Waals surface area (Å²) in [5.41, 5.74) is 0.541. The molecule has 0 aliphatic rings. The Morgan fingerprint density at radius 3 is 2.71 bits per heavy atom. The van der Waals surface area contributed by atoms with Crippen molar-refractivity contribution in [2.45, 2.75) is 17.9 Å². The number of carboxylic acid groups (broad SMARTS) is 1. The SMILES string of the molecule is C[C@H](NS(=O)(=O)c1cc(C(=O)O)oc1Br)c1ccccn1. The predicted octanol–water partition coefficient (Wildman–Crippen LogP) is 2.17. The van der Waals surface area contributed by atoms with Crippen LogP contribution in [0.3, 0.4) is 0 Å². The Kier molecular flexibility index (Phi) is 4.45. The summed E-state index contributed by atoms with van der Waals surface area (Å²) in [7, 11) is -3.94. The second kappa shape index (κ2) is 5.96. The molecule has 0 saturated heterocycles. The predicted molar refractivity (Wildman–Crippen MR) is 76.3 cm³/mol. The van der Waals surface area contributed by atoms with Crippen molar-refractivity contribution < 1.29 is 22.7 Å². The maximum Gasteiger partial charge on any atom is 0.371 e. The molecule has 2 N–H and O–H groups in total. The lowest BCUT2D eigenvalue weighted by Crippen LogP contribution is -2.27. The van der Waals surface area contributed by atoms with Crippen molar-refractivity contribution in [2.75, 3.05) is 0 Å². The Hall–Kier alpha value is -1.71. The maximum atomic E-state index is 12.3. The number of pyridine rings is 1. The third-order valence-corrected chi connectivity index (χ3v) is 5.02. The number of carbonyl (C=O) groups is 1. The van der Waals surface area contributed by atoms with E-state index in [1.54, 1.807) is 31.3 Å². The molecule has 0 spiro atoms. The molecule has 2 aromatic heterocycles. The fourth-order valence-electron chi connectivity index (χ4n) is 1.63. The largest absolute Gasteiger partial charge is 0.475 e. The van der Waals surface area contributed by atoms with Crippen LogP contribution in [0.4, 0.5) is 0 Å². The van der Waals surface area contributed by atoms with Crippen molar-refractivity contribution in [2.24, 2.45) is 0 Å². The molecule has 2 aromatic rings. The first-order chi connectivity index (χ1) is 9.81. The molecule has 0 unspecified atom stereocenters. The fourth-order valence-corrected chi connectivity index (χ4v) is 3.79. The maximum absolute atomic E-state index is 12.3. The molecule has 112 valence electrons. The van der Waals surface area contributed by atoms with Gasteiger partial charge in [-0.15, -0.1) is 0 Å². The number of rotatable bonds is 5. The minimum atomic E-state index is -3.94. The molecule has 0 bridgehead atoms. The Labute approximate surface area is 129 Å². The Bertz CT molecular complexity index is 757. The highest BCUT2D eigenvalue weighted by atomic mass is 79.9. The van der Waals surface area contributed by atoms with Crippen LogP contribution in [-0.2, 0) is 10.0 Å². The highest BCUT2D eigenvalue weighted by Crippen LogP contribution is 2.27. The van der Waals surface area contributed by atoms with Gasteiger partial charge in [-0.3, -0.25) is 4.98 Å². The topological polar surface area (TPSA) is 110 Å². The van der Waals surface area contributed by atoms with Crippen molar-refractivity contribution in [1.82, 2.24) is 9.71 Å². The zero-order valence-electron chi connectivity index (χ0n) is 10.8. The lowest BCUT2D eigenvalue weighted by Gasteiger charge is -2.12. The highest BCUT2D eigenvalue weighted by molar-refractivity contribution is 9.10. The summed E-state index contributed by atoms with van der Waals surface area (Å²) in [5, 5.41) is 8.81. The smallest absolute Gasteiger partial charge is 0.371 e. The van der Waals surface area contributed by atoms with Crippen LogP contribution in [0.25, 0.3) is 0 Å². The van der Waals surface area contributed by atoms with Crippen LogP contribution in [-0.4, -0.2) is 24.5 Å². The molecular formula is C12H11BrN2O5S. The van der Waals surface area contributed by atoms with Crippen LogP contribution in [0.5, 0.6) is 0 Å². The van der Waals surface area contributed by atoms with E-state index in [9.17, 15) is 13.2 Å². The average Bonchev–Trinajstić information content (AvgIpc) is 2.82. The average molecular weight is 375 g/mol. The molecular weight excluding hydrogens is 364 g/mol. The van der Waals surface area contributed by atoms with Gasteiger partial charge >= 0.3 is 5.97 Å². The van der Waals surface area contributed by atoms with E-state index < -0.39 is 27.8 Å². The van der Waals surface area contributed by atoms with Crippen LogP contribution in [0.15, 0.2) is 44.4 Å². The third-order valence-electron chi connectivity index (χ3n) is 2.62. The van der Waals surface area contributed by atoms with Gasteiger partial charge in [-0.1, -0.05) is 6.07 Å². The number of aromatic nitrogens is 1. The molecule has 0 amide bonds. The summed E-state index contributed by atoms with van der Waals surface area (Å²) in [5.74, 6) is -1.82. The molecule has 2 heterocycles. The molecule has 0 aromatic carbocycles. The van der Waals surface area contributed by atoms with Crippen LogP contribution in [0, 0.1) is 0 Å². The normalized spacial score (nSPS) is 13.0. The number of furan rings is 1. The van der Waals surface area contributed by atoms with Crippen molar-refractivity contribution in [3.8, 4) is 0 Å². The number of nitrogens with zero attached hydrogens (tertiary/aromatic N) is 1. The minimum absolute atomic E-state index is 0.166. The summed E-state index contributed by atoms with van der Waals surface area (Å²) in [6.07, 6.45) is 1.55. The van der Waals surface area contributed by atoms with Gasteiger partial charge in [0.25, 0.3) is 0 Å². The van der Waals surface area contributed by atoms with E-state index in [2.05, 4.69) is 25.6 Å². The fraction of sp³-hybridized carbons (Fsp3) is 0.167. The van der Waals surface area contributed by atoms with E-state index in [-0.39, 0.29) is 9.56 Å². The summed E-state index contributed by atoms with van der Waals surface area (Å²) in [4.78, 5) is 14.6. The summed E-state index contributed by atoms with van der Waals surface area (Å²) >= 11 is 2.90. The highest BCUT2D eigenvalue weighted by Gasteiger charge is 2.26. The Morgan fingerprint density at radius 2 is 2.19 bits per heavy atom. The van der Waals surface area contributed by atoms with Crippen molar-refractivity contribution in [3.63, 3.8) is 0 Å². The Morgan fingerprint density at radius 1 is 1.48 bits per heavy atom. The molecule has 0 aliphatic heterocycles. The molecule has 0 radical (unpaired) electrons. The zero-order chi connectivity index (χ0) is 15.6. The minimum Gasteiger partial charge on any atom is -0.475 e. The molecule has 0 saturated carbocycles. The number of sulfonamides is 1. The second-order valence-corrected chi connectivity index (χ2v) is 6.55. The van der Waals surface area contributed by atoms with Crippen molar-refractivity contribution >= 4 is 31.9 Å². The number of nitrogens with one attached hydrogen (secondary N) is 1. The van der Waals surface area contributed by atoms with E-state index in [1.165, 1.54) is 0 Å². The van der Waals surface area contributed by atoms with Gasteiger partial charge in [-0.25, -0.2) is 17.9 Å². The molecule has 0 fully saturated rings. The van der Waals surface area contributed by atoms with Gasteiger partial charge in [0.15, 0.2) is 4.67 Å². The quantitative estimate of drug-likeness (QED) is 0.829. The van der Waals surface area contributed by atoms with Gasteiger partial charge in [0.2, 0.25) is 15.8 Å². The van der Waals surface area contributed by atoms with E-state index in [4.69, 9.17) is 9.52 Å². The molecule has 0 aliphatic carbocycles. The number of hydrogen-bond donors (Lipinski definition) is 2. The van der Waals surface area contributed by atoms with Crippen LogP contribution in [0.1, 0.15) is 29.2 Å². The van der Waals surface area contributed by atoms with Gasteiger partial charge < -0.3 is 9.52 Å². The second-order valence-electron chi connectivity index (χ2n) is 4.15. The molecule has 21 heavy (non-hydrogen) atoms. The number of carboxylic acids is 1. The van der Waals surface area contributed by atoms with Gasteiger partial charge in [-0.05, 0) is 35.0 Å². The zero-order valence-corrected chi connectivity index (χ0v) is 13.2. The van der Waals surface area contributed by atoms with Gasteiger partial charge in [-0.2, -0.15) is 0 Å². The standard InChI is InChI=1S/C12H11BrN2O5S/c1-7(8-4-2-3-5-14-8)15-21(18,19)10-6-9(12(16)17)20-11(10)13/h2-7,15H,1H3,(H,16,17)/t7-/m0/s1. The van der Waals surface area contributed by atoms with E-state index in [1.807, 2.05) is 0 Å². The van der Waals surface area contributed by atoms with Gasteiger partial charge in [0.05, 0.1) is 11.7 Å². The number of aromatic carboxylic acids is 1. The van der Waals surface area contributed by atoms with Gasteiger partial charge in [0.1, 0.15) is 4.90 Å². The van der Waals surface area contributed by atoms with E-state index in [0.717, 1.165) is 6.07 Å². The van der Waals surface area contributed by atoms with Gasteiger partial charge in [0, 0.05) is 12.3 Å². The molecule has 9 heteroatoms. The lowest BCUT2D eigenvalue weighted by atomic mass is 10.2.